The highest BCUT2D eigenvalue weighted by Gasteiger charge is 2.05. The van der Waals surface area contributed by atoms with Crippen molar-refractivity contribution in [1.82, 2.24) is 5.32 Å². The van der Waals surface area contributed by atoms with E-state index in [0.717, 1.165) is 28.9 Å². The van der Waals surface area contributed by atoms with Crippen LogP contribution in [0.3, 0.4) is 0 Å². The van der Waals surface area contributed by atoms with Gasteiger partial charge in [0.05, 0.1) is 6.61 Å². The van der Waals surface area contributed by atoms with Crippen LogP contribution in [0.2, 0.25) is 5.02 Å². The summed E-state index contributed by atoms with van der Waals surface area (Å²) in [5.41, 5.74) is 3.90. The van der Waals surface area contributed by atoms with Crippen molar-refractivity contribution in [1.29, 1.82) is 0 Å². The summed E-state index contributed by atoms with van der Waals surface area (Å²) in [6.45, 7) is 7.07. The van der Waals surface area contributed by atoms with Crippen molar-refractivity contribution in [3.8, 4) is 5.75 Å². The second-order valence-electron chi connectivity index (χ2n) is 5.77. The predicted molar refractivity (Wildman–Crippen MR) is 99.2 cm³/mol. The molecule has 0 atom stereocenters. The third-order valence-electron chi connectivity index (χ3n) is 3.69. The van der Waals surface area contributed by atoms with E-state index < -0.39 is 0 Å². The summed E-state index contributed by atoms with van der Waals surface area (Å²) in [5.74, 6) is 0.927. The Bertz CT molecular complexity index is 696. The molecule has 4 nitrogen and oxygen atoms in total. The fraction of sp³-hybridized carbons (Fsp3) is 0.316. The Hall–Kier alpha value is -2.20. The molecule has 0 radical (unpaired) electrons. The number of halogens is 1. The maximum absolute atomic E-state index is 11.8. The van der Waals surface area contributed by atoms with Crippen molar-refractivity contribution in [3.63, 3.8) is 0 Å². The van der Waals surface area contributed by atoms with Crippen LogP contribution in [0.25, 0.3) is 0 Å². The molecule has 0 aromatic heterocycles. The fourth-order valence-corrected chi connectivity index (χ4v) is 2.50. The first-order valence-electron chi connectivity index (χ1n) is 7.97. The SMILES string of the molecule is Cc1ccc(NC(=O)NCCCOc2c(C)cccc2C)cc1Cl. The van der Waals surface area contributed by atoms with Crippen LogP contribution in [0.1, 0.15) is 23.1 Å². The zero-order valence-corrected chi connectivity index (χ0v) is 15.0. The van der Waals surface area contributed by atoms with Gasteiger partial charge in [-0.1, -0.05) is 35.9 Å². The Morgan fingerprint density at radius 2 is 1.79 bits per heavy atom. The van der Waals surface area contributed by atoms with Gasteiger partial charge in [0.1, 0.15) is 5.75 Å². The Morgan fingerprint density at radius 1 is 1.08 bits per heavy atom. The van der Waals surface area contributed by atoms with Crippen LogP contribution in [0, 0.1) is 20.8 Å². The van der Waals surface area contributed by atoms with Crippen LogP contribution in [-0.2, 0) is 0 Å². The van der Waals surface area contributed by atoms with E-state index in [4.69, 9.17) is 16.3 Å². The minimum Gasteiger partial charge on any atom is -0.493 e. The largest absolute Gasteiger partial charge is 0.493 e. The number of amides is 2. The Kier molecular flexibility index (Phi) is 6.50. The third-order valence-corrected chi connectivity index (χ3v) is 4.10. The lowest BCUT2D eigenvalue weighted by atomic mass is 10.1. The molecule has 0 aliphatic heterocycles. The summed E-state index contributed by atoms with van der Waals surface area (Å²) in [6, 6.07) is 11.3. The maximum atomic E-state index is 11.8. The van der Waals surface area contributed by atoms with Gasteiger partial charge in [0, 0.05) is 17.3 Å². The molecule has 0 spiro atoms. The molecule has 0 heterocycles. The highest BCUT2D eigenvalue weighted by Crippen LogP contribution is 2.22. The van der Waals surface area contributed by atoms with Crippen LogP contribution in [0.5, 0.6) is 5.75 Å². The van der Waals surface area contributed by atoms with Crippen molar-refractivity contribution in [2.45, 2.75) is 27.2 Å². The van der Waals surface area contributed by atoms with Crippen molar-refractivity contribution in [2.75, 3.05) is 18.5 Å². The Morgan fingerprint density at radius 3 is 2.46 bits per heavy atom. The van der Waals surface area contributed by atoms with Crippen molar-refractivity contribution in [3.05, 3.63) is 58.1 Å². The van der Waals surface area contributed by atoms with Crippen molar-refractivity contribution >= 4 is 23.3 Å². The second-order valence-corrected chi connectivity index (χ2v) is 6.18. The molecule has 0 unspecified atom stereocenters. The quantitative estimate of drug-likeness (QED) is 0.734. The number of hydrogen-bond acceptors (Lipinski definition) is 2. The summed E-state index contributed by atoms with van der Waals surface area (Å²) in [5, 5.41) is 6.20. The number of carbonyl (C=O) groups is 1. The van der Waals surface area contributed by atoms with E-state index in [1.807, 2.05) is 51.1 Å². The number of anilines is 1. The maximum Gasteiger partial charge on any atom is 0.319 e. The molecule has 0 aliphatic carbocycles. The van der Waals surface area contributed by atoms with Gasteiger partial charge in [0.25, 0.3) is 0 Å². The summed E-state index contributed by atoms with van der Waals surface area (Å²) in [4.78, 5) is 11.8. The van der Waals surface area contributed by atoms with Gasteiger partial charge in [-0.25, -0.2) is 4.79 Å². The summed E-state index contributed by atoms with van der Waals surface area (Å²) in [6.07, 6.45) is 0.732. The highest BCUT2D eigenvalue weighted by molar-refractivity contribution is 6.31. The molecule has 2 amide bonds. The predicted octanol–water partition coefficient (Wildman–Crippen LogP) is 4.86. The monoisotopic (exact) mass is 346 g/mol. The lowest BCUT2D eigenvalue weighted by molar-refractivity contribution is 0.250. The zero-order valence-electron chi connectivity index (χ0n) is 14.3. The molecule has 5 heteroatoms. The van der Waals surface area contributed by atoms with E-state index >= 15 is 0 Å². The fourth-order valence-electron chi connectivity index (χ4n) is 2.32. The highest BCUT2D eigenvalue weighted by atomic mass is 35.5. The minimum absolute atomic E-state index is 0.248. The molecule has 24 heavy (non-hydrogen) atoms. The van der Waals surface area contributed by atoms with Crippen LogP contribution in [0.4, 0.5) is 10.5 Å². The standard InChI is InChI=1S/C19H23ClN2O2/c1-13-8-9-16(12-17(13)20)22-19(23)21-10-5-11-24-18-14(2)6-4-7-15(18)3/h4,6-9,12H,5,10-11H2,1-3H3,(H2,21,22,23). The molecular weight excluding hydrogens is 324 g/mol. The molecule has 2 N–H and O–H groups in total. The summed E-state index contributed by atoms with van der Waals surface area (Å²) >= 11 is 6.04. The van der Waals surface area contributed by atoms with Crippen LogP contribution in [-0.4, -0.2) is 19.2 Å². The number of nitrogens with one attached hydrogen (secondary N) is 2. The second kappa shape index (κ2) is 8.60. The minimum atomic E-state index is -0.248. The van der Waals surface area contributed by atoms with Crippen LogP contribution >= 0.6 is 11.6 Å². The number of ether oxygens (including phenoxy) is 1. The average Bonchev–Trinajstić information content (AvgIpc) is 2.53. The van der Waals surface area contributed by atoms with Gasteiger partial charge in [-0.05, 0) is 56.0 Å². The van der Waals surface area contributed by atoms with E-state index in [0.29, 0.717) is 23.9 Å². The van der Waals surface area contributed by atoms with Gasteiger partial charge in [0.2, 0.25) is 0 Å². The van der Waals surface area contributed by atoms with Gasteiger partial charge < -0.3 is 15.4 Å². The number of aryl methyl sites for hydroxylation is 3. The molecule has 0 aliphatic rings. The first kappa shape index (κ1) is 18.1. The zero-order chi connectivity index (χ0) is 17.5. The van der Waals surface area contributed by atoms with E-state index in [1.54, 1.807) is 6.07 Å². The molecule has 128 valence electrons. The topological polar surface area (TPSA) is 50.4 Å². The molecule has 0 saturated heterocycles. The smallest absolute Gasteiger partial charge is 0.319 e. The van der Waals surface area contributed by atoms with E-state index in [1.165, 1.54) is 0 Å². The van der Waals surface area contributed by atoms with Crippen molar-refractivity contribution < 1.29 is 9.53 Å². The first-order valence-corrected chi connectivity index (χ1v) is 8.35. The molecule has 2 aromatic carbocycles. The Balaban J connectivity index is 1.70. The van der Waals surface area contributed by atoms with Gasteiger partial charge in [-0.2, -0.15) is 0 Å². The van der Waals surface area contributed by atoms with Gasteiger partial charge in [-0.15, -0.1) is 0 Å². The lowest BCUT2D eigenvalue weighted by Crippen LogP contribution is -2.30. The average molecular weight is 347 g/mol. The lowest BCUT2D eigenvalue weighted by Gasteiger charge is -2.12. The Labute approximate surface area is 148 Å². The normalized spacial score (nSPS) is 10.3. The summed E-state index contributed by atoms with van der Waals surface area (Å²) in [7, 11) is 0. The van der Waals surface area contributed by atoms with Crippen LogP contribution in [0.15, 0.2) is 36.4 Å². The number of benzene rings is 2. The van der Waals surface area contributed by atoms with E-state index in [9.17, 15) is 4.79 Å². The molecule has 0 saturated carbocycles. The number of urea groups is 1. The number of para-hydroxylation sites is 1. The molecule has 0 bridgehead atoms. The molecule has 2 rings (SSSR count). The first-order chi connectivity index (χ1) is 11.5. The number of hydrogen-bond donors (Lipinski definition) is 2. The van der Waals surface area contributed by atoms with Gasteiger partial charge in [-0.3, -0.25) is 0 Å². The third kappa shape index (κ3) is 5.17. The molecule has 2 aromatic rings. The van der Waals surface area contributed by atoms with Gasteiger partial charge in [0.15, 0.2) is 0 Å². The summed E-state index contributed by atoms with van der Waals surface area (Å²) < 4.78 is 5.81. The van der Waals surface area contributed by atoms with E-state index in [2.05, 4.69) is 10.6 Å². The van der Waals surface area contributed by atoms with E-state index in [-0.39, 0.29) is 6.03 Å². The van der Waals surface area contributed by atoms with Crippen LogP contribution < -0.4 is 15.4 Å². The van der Waals surface area contributed by atoms with Gasteiger partial charge >= 0.3 is 6.03 Å². The molecular formula is C19H23ClN2O2. The van der Waals surface area contributed by atoms with Crippen molar-refractivity contribution in [2.24, 2.45) is 0 Å². The number of rotatable bonds is 6. The number of carbonyl (C=O) groups excluding carboxylic acids is 1. The molecule has 0 fully saturated rings.